The van der Waals surface area contributed by atoms with Crippen LogP contribution in [0.3, 0.4) is 0 Å². The highest BCUT2D eigenvalue weighted by atomic mass is 79.9. The van der Waals surface area contributed by atoms with Crippen LogP contribution < -0.4 is 5.32 Å². The van der Waals surface area contributed by atoms with Crippen LogP contribution in [0, 0.1) is 30.6 Å². The average molecular weight is 350 g/mol. The maximum Gasteiger partial charge on any atom is 0.310 e. The summed E-state index contributed by atoms with van der Waals surface area (Å²) < 4.78 is 5.43. The molecule has 1 aromatic carbocycles. The Morgan fingerprint density at radius 1 is 1.29 bits per heavy atom. The number of fused-ring (bicyclic) bond motifs is 1. The number of halogens is 1. The van der Waals surface area contributed by atoms with Crippen LogP contribution in [0.1, 0.15) is 12.0 Å². The maximum atomic E-state index is 12.6. The van der Waals surface area contributed by atoms with Crippen LogP contribution in [0.5, 0.6) is 0 Å². The van der Waals surface area contributed by atoms with E-state index in [1.807, 2.05) is 31.2 Å². The predicted octanol–water partition coefficient (Wildman–Crippen LogP) is 2.50. The maximum absolute atomic E-state index is 12.6. The van der Waals surface area contributed by atoms with Crippen LogP contribution in [-0.4, -0.2) is 22.8 Å². The van der Waals surface area contributed by atoms with Crippen molar-refractivity contribution in [2.45, 2.75) is 24.3 Å². The summed E-state index contributed by atoms with van der Waals surface area (Å²) >= 11 is 3.62. The molecule has 1 saturated heterocycles. The van der Waals surface area contributed by atoms with Gasteiger partial charge in [0.15, 0.2) is 0 Å². The van der Waals surface area contributed by atoms with E-state index < -0.39 is 0 Å². The van der Waals surface area contributed by atoms with E-state index in [4.69, 9.17) is 4.74 Å². The SMILES string of the molecule is Cc1ccc(NC(=O)[C@@H]2[C@H]3C[C@H]4[C@H](OC(=O)[C@@H]42)[C@@H]3Br)cc1. The van der Waals surface area contributed by atoms with Gasteiger partial charge in [-0.25, -0.2) is 0 Å². The molecule has 4 rings (SSSR count). The van der Waals surface area contributed by atoms with Gasteiger partial charge in [0.25, 0.3) is 0 Å². The number of carbonyl (C=O) groups is 2. The van der Waals surface area contributed by atoms with E-state index in [0.29, 0.717) is 0 Å². The Morgan fingerprint density at radius 2 is 2.00 bits per heavy atom. The number of aryl methyl sites for hydroxylation is 1. The van der Waals surface area contributed by atoms with Crippen LogP contribution in [0.4, 0.5) is 5.69 Å². The molecular weight excluding hydrogens is 334 g/mol. The molecule has 3 fully saturated rings. The van der Waals surface area contributed by atoms with Gasteiger partial charge in [0, 0.05) is 11.6 Å². The van der Waals surface area contributed by atoms with Gasteiger partial charge >= 0.3 is 5.97 Å². The van der Waals surface area contributed by atoms with Crippen molar-refractivity contribution in [3.8, 4) is 0 Å². The minimum Gasteiger partial charge on any atom is -0.461 e. The minimum atomic E-state index is -0.271. The van der Waals surface area contributed by atoms with Crippen molar-refractivity contribution >= 4 is 33.5 Å². The predicted molar refractivity (Wildman–Crippen MR) is 81.0 cm³/mol. The molecular formula is C16H16BrNO3. The summed E-state index contributed by atoms with van der Waals surface area (Å²) in [5, 5.41) is 2.95. The molecule has 3 aliphatic rings. The molecule has 0 unspecified atom stereocenters. The number of ether oxygens (including phenoxy) is 1. The second-order valence-electron chi connectivity index (χ2n) is 6.32. The quantitative estimate of drug-likeness (QED) is 0.659. The van der Waals surface area contributed by atoms with Crippen LogP contribution in [0.15, 0.2) is 24.3 Å². The topological polar surface area (TPSA) is 55.4 Å². The summed E-state index contributed by atoms with van der Waals surface area (Å²) in [5.41, 5.74) is 1.93. The Kier molecular flexibility index (Phi) is 2.89. The van der Waals surface area contributed by atoms with Crippen molar-refractivity contribution < 1.29 is 14.3 Å². The Hall–Kier alpha value is -1.36. The zero-order valence-electron chi connectivity index (χ0n) is 11.6. The summed E-state index contributed by atoms with van der Waals surface area (Å²) in [6, 6.07) is 7.71. The lowest BCUT2D eigenvalue weighted by molar-refractivity contribution is -0.145. The van der Waals surface area contributed by atoms with Gasteiger partial charge in [-0.3, -0.25) is 9.59 Å². The average Bonchev–Trinajstić information content (AvgIpc) is 3.05. The van der Waals surface area contributed by atoms with Crippen molar-refractivity contribution in [1.82, 2.24) is 0 Å². The van der Waals surface area contributed by atoms with Crippen LogP contribution in [0.25, 0.3) is 0 Å². The number of rotatable bonds is 2. The molecule has 6 atom stereocenters. The summed E-state index contributed by atoms with van der Waals surface area (Å²) in [7, 11) is 0. The Balaban J connectivity index is 1.57. The summed E-state index contributed by atoms with van der Waals surface area (Å²) in [6.07, 6.45) is 0.874. The van der Waals surface area contributed by atoms with Crippen molar-refractivity contribution in [2.75, 3.05) is 5.32 Å². The van der Waals surface area contributed by atoms with Crippen LogP contribution in [-0.2, 0) is 14.3 Å². The summed E-state index contributed by atoms with van der Waals surface area (Å²) in [6.45, 7) is 2.01. The number of nitrogens with one attached hydrogen (secondary N) is 1. The van der Waals surface area contributed by atoms with Gasteiger partial charge in [0.1, 0.15) is 6.10 Å². The molecule has 1 amide bonds. The fourth-order valence-electron chi connectivity index (χ4n) is 4.19. The molecule has 4 nitrogen and oxygen atoms in total. The van der Waals surface area contributed by atoms with Crippen molar-refractivity contribution in [1.29, 1.82) is 0 Å². The molecule has 1 aliphatic heterocycles. The smallest absolute Gasteiger partial charge is 0.310 e. The second kappa shape index (κ2) is 4.57. The van der Waals surface area contributed by atoms with E-state index >= 15 is 0 Å². The van der Waals surface area contributed by atoms with Gasteiger partial charge in [0.05, 0.1) is 16.7 Å². The molecule has 0 radical (unpaired) electrons. The molecule has 0 aromatic heterocycles. The largest absolute Gasteiger partial charge is 0.461 e. The third-order valence-corrected chi connectivity index (χ3v) is 6.34. The van der Waals surface area contributed by atoms with E-state index in [1.54, 1.807) is 0 Å². The number of hydrogen-bond acceptors (Lipinski definition) is 3. The highest BCUT2D eigenvalue weighted by molar-refractivity contribution is 9.09. The standard InChI is InChI=1S/C16H16BrNO3/c1-7-2-4-8(5-3-7)18-15(19)11-9-6-10-12(11)16(20)21-14(10)13(9)17/h2-5,9-14H,6H2,1H3,(H,18,19)/t9-,10-,11-,12+,13-,14+/m1/s1. The number of hydrogen-bond donors (Lipinski definition) is 1. The van der Waals surface area contributed by atoms with Crippen LogP contribution in [0.2, 0.25) is 0 Å². The molecule has 2 bridgehead atoms. The summed E-state index contributed by atoms with van der Waals surface area (Å²) in [5.74, 6) is -0.370. The Morgan fingerprint density at radius 3 is 2.71 bits per heavy atom. The first kappa shape index (κ1) is 13.3. The van der Waals surface area contributed by atoms with Crippen molar-refractivity contribution in [3.05, 3.63) is 29.8 Å². The van der Waals surface area contributed by atoms with Gasteiger partial charge in [-0.15, -0.1) is 0 Å². The number of benzene rings is 1. The molecule has 21 heavy (non-hydrogen) atoms. The lowest BCUT2D eigenvalue weighted by Gasteiger charge is -2.27. The van der Waals surface area contributed by atoms with Crippen LogP contribution >= 0.6 is 15.9 Å². The number of carbonyl (C=O) groups excluding carboxylic acids is 2. The third-order valence-electron chi connectivity index (χ3n) is 5.14. The highest BCUT2D eigenvalue weighted by Gasteiger charge is 2.67. The third kappa shape index (κ3) is 1.86. The zero-order valence-corrected chi connectivity index (χ0v) is 13.2. The lowest BCUT2D eigenvalue weighted by Crippen LogP contribution is -2.40. The van der Waals surface area contributed by atoms with Gasteiger partial charge < -0.3 is 10.1 Å². The first-order valence-electron chi connectivity index (χ1n) is 7.28. The number of amides is 1. The van der Waals surface area contributed by atoms with Crippen molar-refractivity contribution in [2.24, 2.45) is 23.7 Å². The minimum absolute atomic E-state index is 0.0316. The molecule has 110 valence electrons. The van der Waals surface area contributed by atoms with Gasteiger partial charge in [-0.05, 0) is 31.4 Å². The molecule has 1 aromatic rings. The van der Waals surface area contributed by atoms with E-state index in [1.165, 1.54) is 0 Å². The fraction of sp³-hybridized carbons (Fsp3) is 0.500. The van der Waals surface area contributed by atoms with Gasteiger partial charge in [-0.1, -0.05) is 33.6 Å². The van der Waals surface area contributed by atoms with Crippen molar-refractivity contribution in [3.63, 3.8) is 0 Å². The first-order chi connectivity index (χ1) is 10.1. The number of alkyl halides is 1. The fourth-order valence-corrected chi connectivity index (χ4v) is 5.24. The lowest BCUT2D eigenvalue weighted by atomic mass is 9.79. The molecule has 1 heterocycles. The zero-order chi connectivity index (χ0) is 14.7. The van der Waals surface area contributed by atoms with E-state index in [2.05, 4.69) is 21.2 Å². The van der Waals surface area contributed by atoms with E-state index in [9.17, 15) is 9.59 Å². The molecule has 5 heteroatoms. The monoisotopic (exact) mass is 349 g/mol. The van der Waals surface area contributed by atoms with Gasteiger partial charge in [-0.2, -0.15) is 0 Å². The summed E-state index contributed by atoms with van der Waals surface area (Å²) in [4.78, 5) is 24.8. The molecule has 0 spiro atoms. The molecule has 2 saturated carbocycles. The molecule has 2 aliphatic carbocycles. The highest BCUT2D eigenvalue weighted by Crippen LogP contribution is 2.60. The van der Waals surface area contributed by atoms with E-state index in [0.717, 1.165) is 17.7 Å². The molecule has 1 N–H and O–H groups in total. The number of anilines is 1. The van der Waals surface area contributed by atoms with Gasteiger partial charge in [0.2, 0.25) is 5.91 Å². The Bertz CT molecular complexity index is 614. The first-order valence-corrected chi connectivity index (χ1v) is 8.20. The normalized spacial score (nSPS) is 39.4. The number of esters is 1. The second-order valence-corrected chi connectivity index (χ2v) is 7.37. The van der Waals surface area contributed by atoms with E-state index in [-0.39, 0.29) is 46.5 Å². The Labute approximate surface area is 131 Å².